The molecule has 1 aromatic heterocycles. The lowest BCUT2D eigenvalue weighted by molar-refractivity contribution is -0.143. The van der Waals surface area contributed by atoms with Gasteiger partial charge >= 0.3 is 5.97 Å². The summed E-state index contributed by atoms with van der Waals surface area (Å²) < 4.78 is 9.95. The zero-order valence-electron chi connectivity index (χ0n) is 14.0. The molecular weight excluding hydrogens is 312 g/mol. The van der Waals surface area contributed by atoms with E-state index in [1.54, 1.807) is 24.0 Å². The number of nitrogens with zero attached hydrogens (tertiary/aromatic N) is 1. The second kappa shape index (κ2) is 9.10. The van der Waals surface area contributed by atoms with Crippen LogP contribution in [0.25, 0.3) is 0 Å². The first-order valence-electron chi connectivity index (χ1n) is 8.38. The Bertz CT molecular complexity index is 547. The fraction of sp³-hybridized carbons (Fsp3) is 0.588. The quantitative estimate of drug-likeness (QED) is 0.603. The van der Waals surface area contributed by atoms with Gasteiger partial charge in [0.2, 0.25) is 5.91 Å². The fourth-order valence-electron chi connectivity index (χ4n) is 2.72. The maximum absolute atomic E-state index is 12.2. The Hall–Kier alpha value is -2.31. The molecule has 7 nitrogen and oxygen atoms in total. The Morgan fingerprint density at radius 3 is 2.71 bits per heavy atom. The Labute approximate surface area is 141 Å². The van der Waals surface area contributed by atoms with Gasteiger partial charge in [-0.1, -0.05) is 0 Å². The number of carbonyl (C=O) groups excluding carboxylic acids is 3. The van der Waals surface area contributed by atoms with Crippen molar-refractivity contribution in [1.29, 1.82) is 0 Å². The number of carbonyl (C=O) groups is 3. The number of furan rings is 1. The van der Waals surface area contributed by atoms with E-state index in [0.717, 1.165) is 0 Å². The average molecular weight is 336 g/mol. The maximum Gasteiger partial charge on any atom is 0.305 e. The molecule has 24 heavy (non-hydrogen) atoms. The lowest BCUT2D eigenvalue weighted by atomic mass is 9.95. The van der Waals surface area contributed by atoms with Crippen molar-refractivity contribution in [1.82, 2.24) is 10.2 Å². The van der Waals surface area contributed by atoms with Crippen molar-refractivity contribution in [3.8, 4) is 0 Å². The number of likely N-dealkylation sites (tertiary alicyclic amines) is 1. The molecule has 0 aromatic carbocycles. The van der Waals surface area contributed by atoms with E-state index >= 15 is 0 Å². The molecule has 1 aromatic rings. The normalized spacial score (nSPS) is 15.1. The second-order valence-corrected chi connectivity index (χ2v) is 5.74. The van der Waals surface area contributed by atoms with Gasteiger partial charge in [-0.25, -0.2) is 0 Å². The zero-order chi connectivity index (χ0) is 17.4. The van der Waals surface area contributed by atoms with Gasteiger partial charge in [0.25, 0.3) is 5.91 Å². The van der Waals surface area contributed by atoms with E-state index < -0.39 is 0 Å². The highest BCUT2D eigenvalue weighted by atomic mass is 16.5. The minimum absolute atomic E-state index is 0.0102. The van der Waals surface area contributed by atoms with Gasteiger partial charge in [0, 0.05) is 32.0 Å². The Morgan fingerprint density at radius 2 is 2.08 bits per heavy atom. The molecule has 0 radical (unpaired) electrons. The van der Waals surface area contributed by atoms with Crippen molar-refractivity contribution in [3.63, 3.8) is 0 Å². The van der Waals surface area contributed by atoms with E-state index in [-0.39, 0.29) is 23.7 Å². The van der Waals surface area contributed by atoms with Crippen LogP contribution in [0.4, 0.5) is 0 Å². The summed E-state index contributed by atoms with van der Waals surface area (Å²) in [7, 11) is 0. The predicted octanol–water partition coefficient (Wildman–Crippen LogP) is 1.59. The number of rotatable bonds is 7. The van der Waals surface area contributed by atoms with Crippen LogP contribution >= 0.6 is 0 Å². The van der Waals surface area contributed by atoms with E-state index in [4.69, 9.17) is 9.15 Å². The molecule has 0 atom stereocenters. The lowest BCUT2D eigenvalue weighted by Gasteiger charge is -2.30. The highest BCUT2D eigenvalue weighted by Crippen LogP contribution is 2.19. The number of hydrogen-bond acceptors (Lipinski definition) is 5. The van der Waals surface area contributed by atoms with E-state index in [1.807, 2.05) is 0 Å². The van der Waals surface area contributed by atoms with Crippen molar-refractivity contribution >= 4 is 17.8 Å². The van der Waals surface area contributed by atoms with Gasteiger partial charge in [-0.3, -0.25) is 14.4 Å². The molecule has 7 heteroatoms. The maximum atomic E-state index is 12.2. The minimum Gasteiger partial charge on any atom is -0.466 e. The number of esters is 1. The van der Waals surface area contributed by atoms with Crippen molar-refractivity contribution in [3.05, 3.63) is 24.2 Å². The third kappa shape index (κ3) is 5.11. The highest BCUT2D eigenvalue weighted by molar-refractivity contribution is 5.91. The summed E-state index contributed by atoms with van der Waals surface area (Å²) in [5.41, 5.74) is 0. The lowest BCUT2D eigenvalue weighted by Crippen LogP contribution is -2.43. The van der Waals surface area contributed by atoms with Crippen molar-refractivity contribution in [2.45, 2.75) is 32.6 Å². The molecule has 0 aliphatic carbocycles. The Morgan fingerprint density at radius 1 is 1.33 bits per heavy atom. The fourth-order valence-corrected chi connectivity index (χ4v) is 2.72. The van der Waals surface area contributed by atoms with E-state index in [1.165, 1.54) is 6.26 Å². The van der Waals surface area contributed by atoms with Gasteiger partial charge < -0.3 is 19.4 Å². The molecule has 1 N–H and O–H groups in total. The van der Waals surface area contributed by atoms with Crippen LogP contribution in [0, 0.1) is 5.92 Å². The van der Waals surface area contributed by atoms with Crippen LogP contribution in [-0.2, 0) is 14.3 Å². The number of piperidine rings is 1. The molecule has 0 spiro atoms. The molecule has 0 saturated carbocycles. The molecule has 1 fully saturated rings. The largest absolute Gasteiger partial charge is 0.466 e. The van der Waals surface area contributed by atoms with Crippen LogP contribution in [-0.4, -0.2) is 48.9 Å². The molecule has 1 saturated heterocycles. The molecule has 2 heterocycles. The predicted molar refractivity (Wildman–Crippen MR) is 86.2 cm³/mol. The molecule has 0 unspecified atom stereocenters. The van der Waals surface area contributed by atoms with E-state index in [0.29, 0.717) is 57.7 Å². The van der Waals surface area contributed by atoms with Crippen LogP contribution in [0.2, 0.25) is 0 Å². The number of ether oxygens (including phenoxy) is 1. The first kappa shape index (κ1) is 18.0. The molecule has 1 aliphatic rings. The van der Waals surface area contributed by atoms with Crippen LogP contribution in [0.1, 0.15) is 43.2 Å². The summed E-state index contributed by atoms with van der Waals surface area (Å²) in [4.78, 5) is 37.2. The van der Waals surface area contributed by atoms with Gasteiger partial charge in [0.15, 0.2) is 5.76 Å². The molecule has 2 amide bonds. The van der Waals surface area contributed by atoms with Crippen molar-refractivity contribution in [2.24, 2.45) is 5.92 Å². The van der Waals surface area contributed by atoms with Gasteiger partial charge in [-0.05, 0) is 38.3 Å². The van der Waals surface area contributed by atoms with Crippen LogP contribution in [0.3, 0.4) is 0 Å². The average Bonchev–Trinajstić information content (AvgIpc) is 3.13. The van der Waals surface area contributed by atoms with Crippen molar-refractivity contribution < 1.29 is 23.5 Å². The SMILES string of the molecule is CCOC(=O)CCCNC(=O)C1CCN(C(=O)c2ccco2)CC1. The summed E-state index contributed by atoms with van der Waals surface area (Å²) in [6.45, 7) is 3.69. The van der Waals surface area contributed by atoms with Crippen LogP contribution < -0.4 is 5.32 Å². The molecule has 0 bridgehead atoms. The summed E-state index contributed by atoms with van der Waals surface area (Å²) in [5.74, 6) is -0.140. The summed E-state index contributed by atoms with van der Waals surface area (Å²) >= 11 is 0. The standard InChI is InChI=1S/C17H24N2O5/c1-2-23-15(20)6-3-9-18-16(21)13-7-10-19(11-8-13)17(22)14-5-4-12-24-14/h4-5,12-13H,2-3,6-11H2,1H3,(H,18,21). The van der Waals surface area contributed by atoms with Gasteiger partial charge in [0.05, 0.1) is 12.9 Å². The Balaban J connectivity index is 1.65. The third-order valence-electron chi connectivity index (χ3n) is 4.05. The zero-order valence-corrected chi connectivity index (χ0v) is 14.0. The smallest absolute Gasteiger partial charge is 0.305 e. The summed E-state index contributed by atoms with van der Waals surface area (Å²) in [6, 6.07) is 3.33. The van der Waals surface area contributed by atoms with Gasteiger partial charge in [-0.15, -0.1) is 0 Å². The number of amides is 2. The van der Waals surface area contributed by atoms with Crippen molar-refractivity contribution in [2.75, 3.05) is 26.2 Å². The third-order valence-corrected chi connectivity index (χ3v) is 4.05. The van der Waals surface area contributed by atoms with E-state index in [2.05, 4.69) is 5.32 Å². The highest BCUT2D eigenvalue weighted by Gasteiger charge is 2.28. The van der Waals surface area contributed by atoms with E-state index in [9.17, 15) is 14.4 Å². The molecule has 1 aliphatic heterocycles. The first-order chi connectivity index (χ1) is 11.6. The van der Waals surface area contributed by atoms with Gasteiger partial charge in [0.1, 0.15) is 0 Å². The molecule has 2 rings (SSSR count). The topological polar surface area (TPSA) is 88.9 Å². The minimum atomic E-state index is -0.239. The molecular formula is C17H24N2O5. The second-order valence-electron chi connectivity index (χ2n) is 5.74. The number of nitrogens with one attached hydrogen (secondary N) is 1. The Kier molecular flexibility index (Phi) is 6.84. The monoisotopic (exact) mass is 336 g/mol. The van der Waals surface area contributed by atoms with Crippen LogP contribution in [0.5, 0.6) is 0 Å². The summed E-state index contributed by atoms with van der Waals surface area (Å²) in [6.07, 6.45) is 3.63. The number of hydrogen-bond donors (Lipinski definition) is 1. The first-order valence-corrected chi connectivity index (χ1v) is 8.38. The summed E-state index contributed by atoms with van der Waals surface area (Å²) in [5, 5.41) is 2.85. The molecule has 132 valence electrons. The van der Waals surface area contributed by atoms with Crippen LogP contribution in [0.15, 0.2) is 22.8 Å². The van der Waals surface area contributed by atoms with Gasteiger partial charge in [-0.2, -0.15) is 0 Å².